The van der Waals surface area contributed by atoms with Crippen molar-refractivity contribution in [1.29, 1.82) is 0 Å². The minimum atomic E-state index is -3.55. The molecule has 0 spiro atoms. The summed E-state index contributed by atoms with van der Waals surface area (Å²) in [6.45, 7) is 4.78. The van der Waals surface area contributed by atoms with Gasteiger partial charge in [0.05, 0.1) is 5.69 Å². The quantitative estimate of drug-likeness (QED) is 0.814. The Morgan fingerprint density at radius 2 is 2.00 bits per heavy atom. The van der Waals surface area contributed by atoms with Gasteiger partial charge >= 0.3 is 0 Å². The van der Waals surface area contributed by atoms with E-state index < -0.39 is 10.0 Å². The molecule has 3 fully saturated rings. The molecule has 2 bridgehead atoms. The average molecular weight is 295 g/mol. The normalized spacial score (nSPS) is 29.6. The van der Waals surface area contributed by atoms with Crippen LogP contribution in [-0.2, 0) is 10.0 Å². The summed E-state index contributed by atoms with van der Waals surface area (Å²) < 4.78 is 28.1. The van der Waals surface area contributed by atoms with Crippen LogP contribution in [0.1, 0.15) is 18.4 Å². The van der Waals surface area contributed by atoms with Crippen molar-refractivity contribution >= 4 is 15.7 Å². The smallest absolute Gasteiger partial charge is 0.243 e. The van der Waals surface area contributed by atoms with Gasteiger partial charge in [-0.1, -0.05) is 12.1 Å². The van der Waals surface area contributed by atoms with Crippen LogP contribution in [-0.4, -0.2) is 39.0 Å². The van der Waals surface area contributed by atoms with Gasteiger partial charge in [0.1, 0.15) is 4.90 Å². The van der Waals surface area contributed by atoms with E-state index in [1.165, 1.54) is 0 Å². The maximum Gasteiger partial charge on any atom is 0.243 e. The predicted molar refractivity (Wildman–Crippen MR) is 78.9 cm³/mol. The third-order valence-corrected chi connectivity index (χ3v) is 6.18. The van der Waals surface area contributed by atoms with E-state index in [2.05, 4.69) is 9.62 Å². The molecule has 6 heteroatoms. The highest BCUT2D eigenvalue weighted by molar-refractivity contribution is 7.89. The van der Waals surface area contributed by atoms with Gasteiger partial charge in [-0.05, 0) is 50.4 Å². The molecule has 3 N–H and O–H groups in total. The molecule has 0 aromatic heterocycles. The lowest BCUT2D eigenvalue weighted by Gasteiger charge is -2.44. The van der Waals surface area contributed by atoms with E-state index in [-0.39, 0.29) is 10.9 Å². The zero-order valence-electron chi connectivity index (χ0n) is 11.7. The van der Waals surface area contributed by atoms with E-state index in [4.69, 9.17) is 5.73 Å². The van der Waals surface area contributed by atoms with Crippen molar-refractivity contribution in [3.8, 4) is 0 Å². The zero-order chi connectivity index (χ0) is 14.3. The highest BCUT2D eigenvalue weighted by atomic mass is 32.2. The monoisotopic (exact) mass is 295 g/mol. The molecular weight excluding hydrogens is 274 g/mol. The standard InChI is InChI=1S/C14H21N3O2S/c1-10-3-2-4-12(15)14(10)20(18,19)16-13-9-17-7-5-11(13)6-8-17/h2-4,11,13,16H,5-9,15H2,1H3. The van der Waals surface area contributed by atoms with Gasteiger partial charge in [0.2, 0.25) is 10.0 Å². The van der Waals surface area contributed by atoms with Gasteiger partial charge in [0.15, 0.2) is 0 Å². The number of nitrogen functional groups attached to an aromatic ring is 1. The van der Waals surface area contributed by atoms with Crippen LogP contribution in [0.4, 0.5) is 5.69 Å². The molecule has 1 aromatic carbocycles. The molecule has 1 aromatic rings. The summed E-state index contributed by atoms with van der Waals surface area (Å²) in [6.07, 6.45) is 2.16. The van der Waals surface area contributed by atoms with Crippen LogP contribution in [0.15, 0.2) is 23.1 Å². The Labute approximate surface area is 120 Å². The summed E-state index contributed by atoms with van der Waals surface area (Å²) in [5.74, 6) is 0.458. The van der Waals surface area contributed by atoms with Crippen LogP contribution < -0.4 is 10.5 Å². The van der Waals surface area contributed by atoms with Crippen molar-refractivity contribution in [2.24, 2.45) is 5.92 Å². The number of sulfonamides is 1. The van der Waals surface area contributed by atoms with Crippen LogP contribution in [0, 0.1) is 12.8 Å². The number of rotatable bonds is 3. The fourth-order valence-electron chi connectivity index (χ4n) is 3.40. The first-order valence-electron chi connectivity index (χ1n) is 7.07. The molecule has 1 atom stereocenters. The number of nitrogens with zero attached hydrogens (tertiary/aromatic N) is 1. The highest BCUT2D eigenvalue weighted by Crippen LogP contribution is 2.30. The van der Waals surface area contributed by atoms with E-state index in [1.807, 2.05) is 0 Å². The molecule has 4 rings (SSSR count). The minimum absolute atomic E-state index is 0.0153. The SMILES string of the molecule is Cc1cccc(N)c1S(=O)(=O)NC1CN2CCC1CC2. The first kappa shape index (κ1) is 13.9. The number of nitrogens with two attached hydrogens (primary N) is 1. The lowest BCUT2D eigenvalue weighted by molar-refractivity contribution is 0.0827. The van der Waals surface area contributed by atoms with Crippen molar-refractivity contribution in [1.82, 2.24) is 9.62 Å². The zero-order valence-corrected chi connectivity index (χ0v) is 12.5. The van der Waals surface area contributed by atoms with Gasteiger partial charge in [0, 0.05) is 12.6 Å². The van der Waals surface area contributed by atoms with Crippen molar-refractivity contribution in [2.45, 2.75) is 30.7 Å². The van der Waals surface area contributed by atoms with Gasteiger partial charge in [-0.25, -0.2) is 13.1 Å². The second-order valence-electron chi connectivity index (χ2n) is 5.86. The first-order chi connectivity index (χ1) is 9.47. The third-order valence-electron chi connectivity index (χ3n) is 4.47. The number of hydrogen-bond acceptors (Lipinski definition) is 4. The Kier molecular flexibility index (Phi) is 3.48. The van der Waals surface area contributed by atoms with Gasteiger partial charge in [-0.3, -0.25) is 0 Å². The van der Waals surface area contributed by atoms with Crippen LogP contribution in [0.3, 0.4) is 0 Å². The topological polar surface area (TPSA) is 75.4 Å². The average Bonchev–Trinajstić information content (AvgIpc) is 2.39. The second-order valence-corrected chi connectivity index (χ2v) is 7.51. The Morgan fingerprint density at radius 1 is 1.30 bits per heavy atom. The minimum Gasteiger partial charge on any atom is -0.398 e. The molecule has 0 amide bonds. The van der Waals surface area contributed by atoms with Gasteiger partial charge in [-0.2, -0.15) is 0 Å². The molecule has 3 saturated heterocycles. The molecular formula is C14H21N3O2S. The van der Waals surface area contributed by atoms with E-state index in [0.29, 0.717) is 17.2 Å². The first-order valence-corrected chi connectivity index (χ1v) is 8.55. The second kappa shape index (κ2) is 5.02. The van der Waals surface area contributed by atoms with Crippen molar-refractivity contribution < 1.29 is 8.42 Å². The van der Waals surface area contributed by atoms with E-state index in [9.17, 15) is 8.42 Å². The maximum absolute atomic E-state index is 12.6. The lowest BCUT2D eigenvalue weighted by atomic mass is 9.85. The van der Waals surface area contributed by atoms with Crippen LogP contribution in [0.5, 0.6) is 0 Å². The number of anilines is 1. The van der Waals surface area contributed by atoms with Gasteiger partial charge < -0.3 is 10.6 Å². The molecule has 3 aliphatic heterocycles. The van der Waals surface area contributed by atoms with E-state index in [0.717, 1.165) is 32.5 Å². The number of nitrogens with one attached hydrogen (secondary N) is 1. The van der Waals surface area contributed by atoms with Crippen molar-refractivity contribution in [3.63, 3.8) is 0 Å². The fraction of sp³-hybridized carbons (Fsp3) is 0.571. The van der Waals surface area contributed by atoms with Crippen molar-refractivity contribution in [2.75, 3.05) is 25.4 Å². The highest BCUT2D eigenvalue weighted by Gasteiger charge is 2.37. The number of aryl methyl sites for hydroxylation is 1. The molecule has 0 radical (unpaired) electrons. The fourth-order valence-corrected chi connectivity index (χ4v) is 5.05. The molecule has 3 heterocycles. The van der Waals surface area contributed by atoms with Crippen molar-refractivity contribution in [3.05, 3.63) is 23.8 Å². The molecule has 3 aliphatic rings. The van der Waals surface area contributed by atoms with Gasteiger partial charge in [0.25, 0.3) is 0 Å². The molecule has 1 unspecified atom stereocenters. The molecule has 0 saturated carbocycles. The number of fused-ring (bicyclic) bond motifs is 3. The van der Waals surface area contributed by atoms with Crippen LogP contribution in [0.2, 0.25) is 0 Å². The Balaban J connectivity index is 1.86. The summed E-state index contributed by atoms with van der Waals surface area (Å²) in [6, 6.07) is 5.21. The maximum atomic E-state index is 12.6. The molecule has 0 aliphatic carbocycles. The van der Waals surface area contributed by atoms with Gasteiger partial charge in [-0.15, -0.1) is 0 Å². The Bertz CT molecular complexity index is 587. The Hall–Kier alpha value is -1.11. The summed E-state index contributed by atoms with van der Waals surface area (Å²) in [7, 11) is -3.55. The summed E-state index contributed by atoms with van der Waals surface area (Å²) >= 11 is 0. The summed E-state index contributed by atoms with van der Waals surface area (Å²) in [4.78, 5) is 2.56. The summed E-state index contributed by atoms with van der Waals surface area (Å²) in [5, 5.41) is 0. The summed E-state index contributed by atoms with van der Waals surface area (Å²) in [5.41, 5.74) is 6.87. The van der Waals surface area contributed by atoms with E-state index in [1.54, 1.807) is 25.1 Å². The Morgan fingerprint density at radius 3 is 2.55 bits per heavy atom. The number of hydrogen-bond donors (Lipinski definition) is 2. The predicted octanol–water partition coefficient (Wildman–Crippen LogP) is 0.950. The number of piperidine rings is 3. The molecule has 20 heavy (non-hydrogen) atoms. The molecule has 5 nitrogen and oxygen atoms in total. The van der Waals surface area contributed by atoms with Crippen LogP contribution in [0.25, 0.3) is 0 Å². The van der Waals surface area contributed by atoms with E-state index >= 15 is 0 Å². The lowest BCUT2D eigenvalue weighted by Crippen LogP contribution is -2.57. The third kappa shape index (κ3) is 2.43. The van der Waals surface area contributed by atoms with Crippen LogP contribution >= 0.6 is 0 Å². The number of benzene rings is 1. The largest absolute Gasteiger partial charge is 0.398 e. The molecule has 110 valence electrons.